The van der Waals surface area contributed by atoms with Gasteiger partial charge in [0.15, 0.2) is 0 Å². The first-order valence-corrected chi connectivity index (χ1v) is 9.65. The minimum absolute atomic E-state index is 0.0805. The van der Waals surface area contributed by atoms with Gasteiger partial charge in [0.2, 0.25) is 0 Å². The van der Waals surface area contributed by atoms with E-state index in [-0.39, 0.29) is 11.6 Å². The lowest BCUT2D eigenvalue weighted by Crippen LogP contribution is -2.27. The second kappa shape index (κ2) is 9.41. The Bertz CT molecular complexity index is 1040. The number of hydrogen-bond acceptors (Lipinski definition) is 5. The molecule has 0 spiro atoms. The Morgan fingerprint density at radius 3 is 2.50 bits per heavy atom. The van der Waals surface area contributed by atoms with Gasteiger partial charge in [0.05, 0.1) is 11.5 Å². The molecule has 1 aromatic heterocycles. The summed E-state index contributed by atoms with van der Waals surface area (Å²) in [5, 5.41) is 18.0. The van der Waals surface area contributed by atoms with E-state index in [4.69, 9.17) is 16.3 Å². The molecule has 8 nitrogen and oxygen atoms in total. The normalized spacial score (nSPS) is 10.6. The summed E-state index contributed by atoms with van der Waals surface area (Å²) < 4.78 is 7.24. The maximum Gasteiger partial charge on any atom is 0.306 e. The van der Waals surface area contributed by atoms with E-state index in [1.165, 1.54) is 17.1 Å². The van der Waals surface area contributed by atoms with Crippen LogP contribution in [0.5, 0.6) is 5.75 Å². The fourth-order valence-corrected chi connectivity index (χ4v) is 2.97. The van der Waals surface area contributed by atoms with E-state index in [1.54, 1.807) is 12.1 Å². The number of aryl methyl sites for hydroxylation is 2. The number of nitrogens with one attached hydrogen (secondary N) is 1. The SMILES string of the molecule is Cc1cc(OCc2ccc(C(=O)NCCn3cc([N+](=O)[O-])cn3)cc2)cc(C)c1Cl. The van der Waals surface area contributed by atoms with Gasteiger partial charge >= 0.3 is 5.69 Å². The van der Waals surface area contributed by atoms with E-state index >= 15 is 0 Å². The molecule has 0 saturated heterocycles. The van der Waals surface area contributed by atoms with Crippen LogP contribution in [0.25, 0.3) is 0 Å². The fraction of sp³-hybridized carbons (Fsp3) is 0.238. The molecule has 0 saturated carbocycles. The number of nitrogens with zero attached hydrogens (tertiary/aromatic N) is 3. The molecule has 3 rings (SSSR count). The molecule has 0 bridgehead atoms. The van der Waals surface area contributed by atoms with Crippen molar-refractivity contribution in [2.45, 2.75) is 27.0 Å². The van der Waals surface area contributed by atoms with Gasteiger partial charge in [0.1, 0.15) is 24.8 Å². The van der Waals surface area contributed by atoms with Gasteiger partial charge < -0.3 is 10.1 Å². The van der Waals surface area contributed by atoms with Crippen molar-refractivity contribution in [3.05, 3.63) is 86.2 Å². The highest BCUT2D eigenvalue weighted by Crippen LogP contribution is 2.26. The molecule has 30 heavy (non-hydrogen) atoms. The van der Waals surface area contributed by atoms with Crippen LogP contribution in [-0.4, -0.2) is 27.2 Å². The van der Waals surface area contributed by atoms with E-state index in [0.717, 1.165) is 27.5 Å². The predicted molar refractivity (Wildman–Crippen MR) is 113 cm³/mol. The molecule has 0 aliphatic rings. The van der Waals surface area contributed by atoms with Crippen molar-refractivity contribution >= 4 is 23.2 Å². The number of ether oxygens (including phenoxy) is 1. The first-order valence-electron chi connectivity index (χ1n) is 9.27. The Balaban J connectivity index is 1.49. The predicted octanol–water partition coefficient (Wildman–Crippen LogP) is 4.07. The highest BCUT2D eigenvalue weighted by atomic mass is 35.5. The van der Waals surface area contributed by atoms with Gasteiger partial charge in [0, 0.05) is 17.1 Å². The topological polar surface area (TPSA) is 99.3 Å². The van der Waals surface area contributed by atoms with Crippen molar-refractivity contribution in [3.63, 3.8) is 0 Å². The summed E-state index contributed by atoms with van der Waals surface area (Å²) in [5.74, 6) is 0.517. The first kappa shape index (κ1) is 21.3. The Kier molecular flexibility index (Phi) is 6.68. The van der Waals surface area contributed by atoms with Crippen molar-refractivity contribution in [2.24, 2.45) is 0 Å². The summed E-state index contributed by atoms with van der Waals surface area (Å²) >= 11 is 6.17. The average molecular weight is 429 g/mol. The van der Waals surface area contributed by atoms with Gasteiger partial charge in [-0.2, -0.15) is 5.10 Å². The highest BCUT2D eigenvalue weighted by molar-refractivity contribution is 6.32. The fourth-order valence-electron chi connectivity index (χ4n) is 2.86. The van der Waals surface area contributed by atoms with Crippen LogP contribution in [0.4, 0.5) is 5.69 Å². The molecule has 0 atom stereocenters. The van der Waals surface area contributed by atoms with E-state index in [2.05, 4.69) is 10.4 Å². The molecule has 2 aromatic carbocycles. The van der Waals surface area contributed by atoms with Crippen molar-refractivity contribution in [3.8, 4) is 5.75 Å². The number of benzene rings is 2. The number of halogens is 1. The Morgan fingerprint density at radius 1 is 1.23 bits per heavy atom. The van der Waals surface area contributed by atoms with Crippen molar-refractivity contribution in [2.75, 3.05) is 6.54 Å². The first-order chi connectivity index (χ1) is 14.3. The number of aromatic nitrogens is 2. The molecule has 0 aliphatic heterocycles. The number of rotatable bonds is 8. The molecule has 0 aliphatic carbocycles. The van der Waals surface area contributed by atoms with Crippen LogP contribution in [0.3, 0.4) is 0 Å². The molecule has 156 valence electrons. The zero-order valence-corrected chi connectivity index (χ0v) is 17.3. The number of hydrogen-bond donors (Lipinski definition) is 1. The van der Waals surface area contributed by atoms with Crippen LogP contribution >= 0.6 is 11.6 Å². The van der Waals surface area contributed by atoms with Gasteiger partial charge in [-0.15, -0.1) is 0 Å². The van der Waals surface area contributed by atoms with Gasteiger partial charge in [-0.3, -0.25) is 19.6 Å². The highest BCUT2D eigenvalue weighted by Gasteiger charge is 2.10. The third kappa shape index (κ3) is 5.36. The van der Waals surface area contributed by atoms with Crippen LogP contribution in [-0.2, 0) is 13.2 Å². The summed E-state index contributed by atoms with van der Waals surface area (Å²) in [7, 11) is 0. The Morgan fingerprint density at radius 2 is 1.90 bits per heavy atom. The summed E-state index contributed by atoms with van der Waals surface area (Å²) in [5.41, 5.74) is 3.29. The van der Waals surface area contributed by atoms with Gasteiger partial charge in [-0.05, 0) is 54.8 Å². The van der Waals surface area contributed by atoms with E-state index in [1.807, 2.05) is 38.1 Å². The van der Waals surface area contributed by atoms with E-state index in [9.17, 15) is 14.9 Å². The Hall–Kier alpha value is -3.39. The summed E-state index contributed by atoms with van der Waals surface area (Å²) in [4.78, 5) is 22.4. The Labute approximate surface area is 178 Å². The number of carbonyl (C=O) groups excluding carboxylic acids is 1. The average Bonchev–Trinajstić information content (AvgIpc) is 3.20. The molecule has 9 heteroatoms. The second-order valence-electron chi connectivity index (χ2n) is 6.83. The monoisotopic (exact) mass is 428 g/mol. The minimum atomic E-state index is -0.511. The van der Waals surface area contributed by atoms with Gasteiger partial charge in [-0.1, -0.05) is 23.7 Å². The number of carbonyl (C=O) groups is 1. The van der Waals surface area contributed by atoms with Gasteiger partial charge in [-0.25, -0.2) is 0 Å². The molecule has 1 N–H and O–H groups in total. The molecular weight excluding hydrogens is 408 g/mol. The van der Waals surface area contributed by atoms with Crippen LogP contribution in [0.1, 0.15) is 27.0 Å². The maximum absolute atomic E-state index is 12.3. The lowest BCUT2D eigenvalue weighted by molar-refractivity contribution is -0.385. The smallest absolute Gasteiger partial charge is 0.306 e. The zero-order valence-electron chi connectivity index (χ0n) is 16.6. The lowest BCUT2D eigenvalue weighted by Gasteiger charge is -2.10. The second-order valence-corrected chi connectivity index (χ2v) is 7.21. The van der Waals surface area contributed by atoms with E-state index in [0.29, 0.717) is 25.3 Å². The van der Waals surface area contributed by atoms with Gasteiger partial charge in [0.25, 0.3) is 5.91 Å². The maximum atomic E-state index is 12.3. The summed E-state index contributed by atoms with van der Waals surface area (Å²) in [6.45, 7) is 4.89. The molecule has 0 unspecified atom stereocenters. The van der Waals surface area contributed by atoms with Crippen LogP contribution in [0.15, 0.2) is 48.8 Å². The van der Waals surface area contributed by atoms with E-state index < -0.39 is 4.92 Å². The summed E-state index contributed by atoms with van der Waals surface area (Å²) in [6, 6.07) is 10.9. The van der Waals surface area contributed by atoms with Crippen molar-refractivity contribution in [1.29, 1.82) is 0 Å². The molecular formula is C21H21ClN4O4. The number of amides is 1. The quantitative estimate of drug-likeness (QED) is 0.430. The van der Waals surface area contributed by atoms with Crippen molar-refractivity contribution in [1.82, 2.24) is 15.1 Å². The van der Waals surface area contributed by atoms with Crippen LogP contribution in [0.2, 0.25) is 5.02 Å². The largest absolute Gasteiger partial charge is 0.489 e. The molecule has 0 radical (unpaired) electrons. The van der Waals surface area contributed by atoms with Crippen molar-refractivity contribution < 1.29 is 14.5 Å². The zero-order chi connectivity index (χ0) is 21.7. The van der Waals surface area contributed by atoms with Crippen LogP contribution in [0, 0.1) is 24.0 Å². The number of nitro groups is 1. The molecule has 1 heterocycles. The third-order valence-corrected chi connectivity index (χ3v) is 5.08. The molecule has 3 aromatic rings. The standard InChI is InChI=1S/C21H21ClN4O4/c1-14-9-19(10-15(2)20(14)22)30-13-16-3-5-17(6-4-16)21(27)23-7-8-25-12-18(11-24-25)26(28)29/h3-6,9-12H,7-8,13H2,1-2H3,(H,23,27). The van der Waals surface area contributed by atoms with Crippen LogP contribution < -0.4 is 10.1 Å². The minimum Gasteiger partial charge on any atom is -0.489 e. The lowest BCUT2D eigenvalue weighted by atomic mass is 10.1. The molecule has 0 fully saturated rings. The summed E-state index contributed by atoms with van der Waals surface area (Å²) in [6.07, 6.45) is 2.50. The molecule has 1 amide bonds. The third-order valence-electron chi connectivity index (χ3n) is 4.49.